The second-order valence-electron chi connectivity index (χ2n) is 4.08. The number of rotatable bonds is 1. The first-order valence-corrected chi connectivity index (χ1v) is 5.34. The maximum absolute atomic E-state index is 12.1. The van der Waals surface area contributed by atoms with Crippen LogP contribution in [0.3, 0.4) is 0 Å². The van der Waals surface area contributed by atoms with Gasteiger partial charge in [0.25, 0.3) is 0 Å². The molecule has 2 atom stereocenters. The highest BCUT2D eigenvalue weighted by atomic mass is 16.1. The van der Waals surface area contributed by atoms with E-state index in [9.17, 15) is 9.59 Å². The minimum atomic E-state index is -0.169. The molecule has 2 nitrogen and oxygen atoms in total. The van der Waals surface area contributed by atoms with E-state index in [1.807, 2.05) is 26.0 Å². The fourth-order valence-corrected chi connectivity index (χ4v) is 2.31. The van der Waals surface area contributed by atoms with Gasteiger partial charge in [-0.3, -0.25) is 9.59 Å². The highest BCUT2D eigenvalue weighted by Gasteiger charge is 2.37. The van der Waals surface area contributed by atoms with E-state index in [4.69, 9.17) is 0 Å². The molecule has 0 saturated heterocycles. The van der Waals surface area contributed by atoms with Crippen molar-refractivity contribution in [2.45, 2.75) is 20.3 Å². The van der Waals surface area contributed by atoms with Crippen LogP contribution in [0.25, 0.3) is 0 Å². The Labute approximate surface area is 89.3 Å². The van der Waals surface area contributed by atoms with Crippen LogP contribution in [-0.4, -0.2) is 11.6 Å². The molecule has 0 amide bonds. The van der Waals surface area contributed by atoms with Crippen molar-refractivity contribution in [3.63, 3.8) is 0 Å². The van der Waals surface area contributed by atoms with Crippen molar-refractivity contribution in [2.24, 2.45) is 11.8 Å². The molecule has 1 aliphatic rings. The molecule has 0 heterocycles. The molecule has 1 aromatic carbocycles. The fourth-order valence-electron chi connectivity index (χ4n) is 2.31. The molecule has 0 saturated carbocycles. The molecule has 0 radical (unpaired) electrons. The third kappa shape index (κ3) is 1.41. The van der Waals surface area contributed by atoms with E-state index in [1.54, 1.807) is 12.1 Å². The predicted molar refractivity (Wildman–Crippen MR) is 58.0 cm³/mol. The summed E-state index contributed by atoms with van der Waals surface area (Å²) >= 11 is 0. The topological polar surface area (TPSA) is 34.1 Å². The minimum Gasteiger partial charge on any atom is -0.294 e. The first kappa shape index (κ1) is 10.1. The molecule has 0 aromatic heterocycles. The van der Waals surface area contributed by atoms with Gasteiger partial charge in [-0.05, 0) is 6.42 Å². The van der Waals surface area contributed by atoms with Crippen molar-refractivity contribution in [3.8, 4) is 0 Å². The van der Waals surface area contributed by atoms with Crippen LogP contribution in [0.4, 0.5) is 0 Å². The molecule has 2 unspecified atom stereocenters. The number of hydrogen-bond donors (Lipinski definition) is 0. The van der Waals surface area contributed by atoms with E-state index in [2.05, 4.69) is 0 Å². The molecule has 2 heteroatoms. The molecule has 0 bridgehead atoms. The zero-order valence-corrected chi connectivity index (χ0v) is 8.99. The number of ketones is 2. The summed E-state index contributed by atoms with van der Waals surface area (Å²) in [6.45, 7) is 3.81. The molecular formula is C13H14O2. The van der Waals surface area contributed by atoms with Gasteiger partial charge in [0.1, 0.15) is 0 Å². The number of carbonyl (C=O) groups excluding carboxylic acids is 2. The summed E-state index contributed by atoms with van der Waals surface area (Å²) in [5.74, 6) is -0.0675. The zero-order chi connectivity index (χ0) is 11.0. The van der Waals surface area contributed by atoms with Crippen molar-refractivity contribution >= 4 is 11.6 Å². The summed E-state index contributed by atoms with van der Waals surface area (Å²) < 4.78 is 0. The van der Waals surface area contributed by atoms with E-state index >= 15 is 0 Å². The van der Waals surface area contributed by atoms with E-state index in [0.717, 1.165) is 6.42 Å². The van der Waals surface area contributed by atoms with E-state index in [-0.39, 0.29) is 23.4 Å². The maximum atomic E-state index is 12.1. The van der Waals surface area contributed by atoms with Gasteiger partial charge in [0.05, 0.1) is 0 Å². The third-order valence-electron chi connectivity index (χ3n) is 3.25. The Morgan fingerprint density at radius 2 is 1.60 bits per heavy atom. The number of fused-ring (bicyclic) bond motifs is 1. The summed E-state index contributed by atoms with van der Waals surface area (Å²) in [5, 5.41) is 0. The third-order valence-corrected chi connectivity index (χ3v) is 3.25. The molecule has 0 fully saturated rings. The Morgan fingerprint density at radius 1 is 1.07 bits per heavy atom. The molecule has 1 aromatic rings. The second-order valence-corrected chi connectivity index (χ2v) is 4.08. The number of benzene rings is 1. The quantitative estimate of drug-likeness (QED) is 0.701. The number of hydrogen-bond acceptors (Lipinski definition) is 2. The summed E-state index contributed by atoms with van der Waals surface area (Å²) in [4.78, 5) is 24.0. The van der Waals surface area contributed by atoms with Crippen LogP contribution in [0.15, 0.2) is 24.3 Å². The van der Waals surface area contributed by atoms with Crippen molar-refractivity contribution in [2.75, 3.05) is 0 Å². The van der Waals surface area contributed by atoms with Gasteiger partial charge in [0, 0.05) is 23.0 Å². The Hall–Kier alpha value is -1.44. The molecule has 78 valence electrons. The van der Waals surface area contributed by atoms with Crippen molar-refractivity contribution < 1.29 is 9.59 Å². The molecule has 2 rings (SSSR count). The zero-order valence-electron chi connectivity index (χ0n) is 8.99. The lowest BCUT2D eigenvalue weighted by Crippen LogP contribution is -2.34. The van der Waals surface area contributed by atoms with Crippen LogP contribution in [0.2, 0.25) is 0 Å². The smallest absolute Gasteiger partial charge is 0.167 e. The monoisotopic (exact) mass is 202 g/mol. The fraction of sp³-hybridized carbons (Fsp3) is 0.385. The summed E-state index contributed by atoms with van der Waals surface area (Å²) in [7, 11) is 0. The van der Waals surface area contributed by atoms with E-state index < -0.39 is 0 Å². The molecule has 0 spiro atoms. The first-order valence-electron chi connectivity index (χ1n) is 5.34. The Morgan fingerprint density at radius 3 is 2.13 bits per heavy atom. The lowest BCUT2D eigenvalue weighted by atomic mass is 9.74. The Kier molecular flexibility index (Phi) is 2.43. The van der Waals surface area contributed by atoms with Gasteiger partial charge in [-0.2, -0.15) is 0 Å². The van der Waals surface area contributed by atoms with Crippen LogP contribution >= 0.6 is 0 Å². The standard InChI is InChI=1S/C13H14O2/c1-3-9-8(2)12(14)10-6-4-5-7-11(10)13(9)15/h4-9H,3H2,1-2H3. The average Bonchev–Trinajstić information content (AvgIpc) is 2.27. The van der Waals surface area contributed by atoms with Crippen molar-refractivity contribution in [1.82, 2.24) is 0 Å². The van der Waals surface area contributed by atoms with Gasteiger partial charge in [-0.1, -0.05) is 38.1 Å². The summed E-state index contributed by atoms with van der Waals surface area (Å²) in [6, 6.07) is 7.12. The summed E-state index contributed by atoms with van der Waals surface area (Å²) in [5.41, 5.74) is 1.20. The minimum absolute atomic E-state index is 0.108. The van der Waals surface area contributed by atoms with Gasteiger partial charge in [-0.25, -0.2) is 0 Å². The van der Waals surface area contributed by atoms with Crippen molar-refractivity contribution in [1.29, 1.82) is 0 Å². The highest BCUT2D eigenvalue weighted by molar-refractivity contribution is 6.15. The van der Waals surface area contributed by atoms with Gasteiger partial charge in [0.15, 0.2) is 11.6 Å². The van der Waals surface area contributed by atoms with Gasteiger partial charge < -0.3 is 0 Å². The van der Waals surface area contributed by atoms with E-state index in [1.165, 1.54) is 0 Å². The van der Waals surface area contributed by atoms with Crippen LogP contribution in [-0.2, 0) is 0 Å². The SMILES string of the molecule is CCC1C(=O)c2ccccc2C(=O)C1C. The van der Waals surface area contributed by atoms with Gasteiger partial charge in [-0.15, -0.1) is 0 Å². The predicted octanol–water partition coefficient (Wildman–Crippen LogP) is 2.73. The largest absolute Gasteiger partial charge is 0.294 e. The molecule has 0 N–H and O–H groups in total. The number of carbonyl (C=O) groups is 2. The molecule has 1 aliphatic carbocycles. The van der Waals surface area contributed by atoms with Crippen LogP contribution < -0.4 is 0 Å². The highest BCUT2D eigenvalue weighted by Crippen LogP contribution is 2.31. The van der Waals surface area contributed by atoms with Gasteiger partial charge in [0.2, 0.25) is 0 Å². The normalized spacial score (nSPS) is 25.2. The van der Waals surface area contributed by atoms with Gasteiger partial charge >= 0.3 is 0 Å². The lowest BCUT2D eigenvalue weighted by molar-refractivity contribution is 0.0744. The second kappa shape index (κ2) is 3.61. The van der Waals surface area contributed by atoms with Crippen LogP contribution in [0, 0.1) is 11.8 Å². The summed E-state index contributed by atoms with van der Waals surface area (Å²) in [6.07, 6.45) is 0.736. The Balaban J connectivity index is 2.57. The number of Topliss-reactive ketones (excluding diaryl/α,β-unsaturated/α-hetero) is 2. The van der Waals surface area contributed by atoms with Crippen LogP contribution in [0.1, 0.15) is 41.0 Å². The molecule has 15 heavy (non-hydrogen) atoms. The van der Waals surface area contributed by atoms with E-state index in [0.29, 0.717) is 11.1 Å². The van der Waals surface area contributed by atoms with Crippen molar-refractivity contribution in [3.05, 3.63) is 35.4 Å². The molecule has 0 aliphatic heterocycles. The Bertz CT molecular complexity index is 420. The maximum Gasteiger partial charge on any atom is 0.167 e. The van der Waals surface area contributed by atoms with Crippen LogP contribution in [0.5, 0.6) is 0 Å². The average molecular weight is 202 g/mol. The lowest BCUT2D eigenvalue weighted by Gasteiger charge is -2.27. The molecular weight excluding hydrogens is 188 g/mol. The first-order chi connectivity index (χ1) is 7.16.